The van der Waals surface area contributed by atoms with E-state index in [1.54, 1.807) is 0 Å². The molecule has 0 radical (unpaired) electrons. The summed E-state index contributed by atoms with van der Waals surface area (Å²) in [5.74, 6) is -0.204. The van der Waals surface area contributed by atoms with Gasteiger partial charge in [0.25, 0.3) is 0 Å². The van der Waals surface area contributed by atoms with Crippen molar-refractivity contribution in [1.29, 1.82) is 0 Å². The molecule has 1 fully saturated rings. The highest BCUT2D eigenvalue weighted by atomic mass is 32.2. The molecule has 1 aromatic heterocycles. The van der Waals surface area contributed by atoms with Gasteiger partial charge in [-0.3, -0.25) is 0 Å². The van der Waals surface area contributed by atoms with Gasteiger partial charge < -0.3 is 14.1 Å². The molecule has 0 atom stereocenters. The average molecular weight is 312 g/mol. The molecular formula is C11H15F3N2O3S. The van der Waals surface area contributed by atoms with Gasteiger partial charge in [-0.05, 0) is 44.5 Å². The highest BCUT2D eigenvalue weighted by molar-refractivity contribution is 7.87. The number of likely N-dealkylation sites (tertiary alicyclic amines) is 1. The van der Waals surface area contributed by atoms with E-state index in [0.717, 1.165) is 31.5 Å². The number of rotatable bonds is 3. The van der Waals surface area contributed by atoms with Crippen molar-refractivity contribution in [3.63, 3.8) is 0 Å². The first-order chi connectivity index (χ1) is 9.19. The number of aromatic nitrogens is 1. The van der Waals surface area contributed by atoms with Crippen LogP contribution in [0.25, 0.3) is 0 Å². The standard InChI is InChI=1S/C11H15F3N2O3S/c1-16-4-2-8(3-5-16)9-6-10(15-7-9)19-20(17,18)11(12,13)14/h6-8,15H,2-5H2,1H3. The van der Waals surface area contributed by atoms with Gasteiger partial charge in [0.2, 0.25) is 5.88 Å². The minimum absolute atomic E-state index is 0.202. The monoisotopic (exact) mass is 312 g/mol. The van der Waals surface area contributed by atoms with Crippen molar-refractivity contribution in [2.45, 2.75) is 24.3 Å². The number of hydrogen-bond donors (Lipinski definition) is 1. The minimum atomic E-state index is -5.62. The Morgan fingerprint density at radius 1 is 1.35 bits per heavy atom. The molecule has 1 N–H and O–H groups in total. The maximum Gasteiger partial charge on any atom is 0.534 e. The van der Waals surface area contributed by atoms with Crippen LogP contribution < -0.4 is 4.18 Å². The first-order valence-corrected chi connectivity index (χ1v) is 7.47. The van der Waals surface area contributed by atoms with Crippen LogP contribution in [-0.2, 0) is 10.1 Å². The molecule has 0 amide bonds. The number of halogens is 3. The second-order valence-electron chi connectivity index (χ2n) is 4.86. The van der Waals surface area contributed by atoms with E-state index in [0.29, 0.717) is 0 Å². The van der Waals surface area contributed by atoms with Crippen LogP contribution in [-0.4, -0.2) is 43.9 Å². The highest BCUT2D eigenvalue weighted by Crippen LogP contribution is 2.31. The third-order valence-electron chi connectivity index (χ3n) is 3.35. The van der Waals surface area contributed by atoms with Gasteiger partial charge in [-0.25, -0.2) is 0 Å². The fourth-order valence-electron chi connectivity index (χ4n) is 2.18. The summed E-state index contributed by atoms with van der Waals surface area (Å²) in [6, 6.07) is 1.32. The van der Waals surface area contributed by atoms with Gasteiger partial charge in [0.15, 0.2) is 0 Å². The highest BCUT2D eigenvalue weighted by Gasteiger charge is 2.48. The molecule has 114 valence electrons. The summed E-state index contributed by atoms with van der Waals surface area (Å²) < 4.78 is 62.4. The summed E-state index contributed by atoms with van der Waals surface area (Å²) in [5.41, 5.74) is -4.66. The molecule has 0 unspecified atom stereocenters. The van der Waals surface area contributed by atoms with E-state index in [-0.39, 0.29) is 5.92 Å². The Hall–Kier alpha value is -1.22. The zero-order valence-electron chi connectivity index (χ0n) is 10.8. The molecule has 1 aliphatic rings. The molecule has 2 rings (SSSR count). The first kappa shape index (κ1) is 15.2. The largest absolute Gasteiger partial charge is 0.534 e. The van der Waals surface area contributed by atoms with E-state index in [4.69, 9.17) is 0 Å². The lowest BCUT2D eigenvalue weighted by molar-refractivity contribution is -0.0501. The molecular weight excluding hydrogens is 297 g/mol. The zero-order valence-corrected chi connectivity index (χ0v) is 11.6. The van der Waals surface area contributed by atoms with Gasteiger partial charge >= 0.3 is 15.6 Å². The number of nitrogens with one attached hydrogen (secondary N) is 1. The third-order valence-corrected chi connectivity index (χ3v) is 4.32. The number of H-pyrrole nitrogens is 1. The Kier molecular flexibility index (Phi) is 4.01. The summed E-state index contributed by atoms with van der Waals surface area (Å²) in [7, 11) is -3.62. The second-order valence-corrected chi connectivity index (χ2v) is 6.40. The topological polar surface area (TPSA) is 62.4 Å². The van der Waals surface area contributed by atoms with Crippen LogP contribution in [0.4, 0.5) is 13.2 Å². The molecule has 0 bridgehead atoms. The van der Waals surface area contributed by atoms with E-state index < -0.39 is 21.5 Å². The van der Waals surface area contributed by atoms with E-state index in [1.807, 2.05) is 7.05 Å². The molecule has 9 heteroatoms. The van der Waals surface area contributed by atoms with Gasteiger partial charge in [-0.2, -0.15) is 21.6 Å². The van der Waals surface area contributed by atoms with Crippen LogP contribution in [0, 0.1) is 0 Å². The van der Waals surface area contributed by atoms with Crippen LogP contribution in [0.5, 0.6) is 5.88 Å². The van der Waals surface area contributed by atoms with Gasteiger partial charge in [0, 0.05) is 12.3 Å². The Bertz CT molecular complexity index is 560. The smallest absolute Gasteiger partial charge is 0.357 e. The first-order valence-electron chi connectivity index (χ1n) is 6.06. The number of aromatic amines is 1. The fourth-order valence-corrected chi connectivity index (χ4v) is 2.61. The Morgan fingerprint density at radius 2 is 1.95 bits per heavy atom. The predicted octanol–water partition coefficient (Wildman–Crippen LogP) is 2.05. The molecule has 1 aromatic rings. The quantitative estimate of drug-likeness (QED) is 0.685. The van der Waals surface area contributed by atoms with Crippen molar-refractivity contribution in [3.05, 3.63) is 17.8 Å². The number of piperidine rings is 1. The number of nitrogens with zero attached hydrogens (tertiary/aromatic N) is 1. The number of hydrogen-bond acceptors (Lipinski definition) is 4. The molecule has 2 heterocycles. The van der Waals surface area contributed by atoms with Crippen LogP contribution >= 0.6 is 0 Å². The molecule has 0 saturated carbocycles. The molecule has 1 saturated heterocycles. The summed E-state index contributed by atoms with van der Waals surface area (Å²) in [5, 5.41) is 0. The van der Waals surface area contributed by atoms with Crippen molar-refractivity contribution in [3.8, 4) is 5.88 Å². The summed E-state index contributed by atoms with van der Waals surface area (Å²) in [6.07, 6.45) is 3.25. The maximum atomic E-state index is 12.2. The summed E-state index contributed by atoms with van der Waals surface area (Å²) in [6.45, 7) is 1.79. The lowest BCUT2D eigenvalue weighted by Crippen LogP contribution is -2.29. The van der Waals surface area contributed by atoms with Crippen molar-refractivity contribution in [2.24, 2.45) is 0 Å². The van der Waals surface area contributed by atoms with Crippen LogP contribution in [0.2, 0.25) is 0 Å². The molecule has 0 spiro atoms. The van der Waals surface area contributed by atoms with Gasteiger partial charge in [-0.15, -0.1) is 0 Å². The van der Waals surface area contributed by atoms with E-state index in [1.165, 1.54) is 12.3 Å². The second kappa shape index (κ2) is 5.28. The van der Waals surface area contributed by atoms with Gasteiger partial charge in [0.05, 0.1) is 0 Å². The summed E-state index contributed by atoms with van der Waals surface area (Å²) in [4.78, 5) is 4.59. The van der Waals surface area contributed by atoms with Gasteiger partial charge in [0.1, 0.15) is 0 Å². The van der Waals surface area contributed by atoms with Crippen molar-refractivity contribution in [1.82, 2.24) is 9.88 Å². The molecule has 0 aliphatic carbocycles. The van der Waals surface area contributed by atoms with Crippen LogP contribution in [0.3, 0.4) is 0 Å². The lowest BCUT2D eigenvalue weighted by Gasteiger charge is -2.28. The van der Waals surface area contributed by atoms with E-state index in [9.17, 15) is 21.6 Å². The maximum absolute atomic E-state index is 12.2. The average Bonchev–Trinajstić information content (AvgIpc) is 2.76. The molecule has 0 aromatic carbocycles. The fraction of sp³-hybridized carbons (Fsp3) is 0.636. The predicted molar refractivity (Wildman–Crippen MR) is 65.9 cm³/mol. The normalized spacial score (nSPS) is 19.2. The Balaban J connectivity index is 2.07. The van der Waals surface area contributed by atoms with Crippen LogP contribution in [0.15, 0.2) is 12.3 Å². The molecule has 1 aliphatic heterocycles. The van der Waals surface area contributed by atoms with Gasteiger partial charge in [-0.1, -0.05) is 0 Å². The Labute approximate surface area is 114 Å². The van der Waals surface area contributed by atoms with Crippen LogP contribution in [0.1, 0.15) is 24.3 Å². The Morgan fingerprint density at radius 3 is 2.50 bits per heavy atom. The third kappa shape index (κ3) is 3.26. The van der Waals surface area contributed by atoms with Crippen molar-refractivity contribution in [2.75, 3.05) is 20.1 Å². The number of alkyl halides is 3. The lowest BCUT2D eigenvalue weighted by atomic mass is 9.91. The SMILES string of the molecule is CN1CCC(c2c[nH]c(OS(=O)(=O)C(F)(F)F)c2)CC1. The van der Waals surface area contributed by atoms with E-state index >= 15 is 0 Å². The van der Waals surface area contributed by atoms with Crippen molar-refractivity contribution >= 4 is 10.1 Å². The molecule has 5 nitrogen and oxygen atoms in total. The zero-order chi connectivity index (χ0) is 15.0. The molecule has 20 heavy (non-hydrogen) atoms. The van der Waals surface area contributed by atoms with Crippen molar-refractivity contribution < 1.29 is 25.8 Å². The summed E-state index contributed by atoms with van der Waals surface area (Å²) >= 11 is 0. The van der Waals surface area contributed by atoms with E-state index in [2.05, 4.69) is 14.1 Å². The minimum Gasteiger partial charge on any atom is -0.357 e.